The summed E-state index contributed by atoms with van der Waals surface area (Å²) in [4.78, 5) is 37.7. The van der Waals surface area contributed by atoms with Crippen LogP contribution in [0.25, 0.3) is 0 Å². The van der Waals surface area contributed by atoms with Gasteiger partial charge in [-0.2, -0.15) is 0 Å². The predicted octanol–water partition coefficient (Wildman–Crippen LogP) is 15.9. The van der Waals surface area contributed by atoms with Gasteiger partial charge in [0, 0.05) is 19.3 Å². The van der Waals surface area contributed by atoms with Crippen LogP contribution in [-0.2, 0) is 28.6 Å². The zero-order chi connectivity index (χ0) is 42.3. The molecule has 0 amide bonds. The molecule has 0 fully saturated rings. The van der Waals surface area contributed by atoms with Gasteiger partial charge < -0.3 is 14.2 Å². The lowest BCUT2D eigenvalue weighted by molar-refractivity contribution is -0.167. The number of allylic oxidation sites excluding steroid dienone is 8. The third-order valence-electron chi connectivity index (χ3n) is 10.6. The lowest BCUT2D eigenvalue weighted by Gasteiger charge is -2.18. The molecule has 0 spiro atoms. The average Bonchev–Trinajstić information content (AvgIpc) is 3.22. The fourth-order valence-corrected chi connectivity index (χ4v) is 6.93. The molecule has 0 aliphatic heterocycles. The molecule has 6 heteroatoms. The molecule has 0 aromatic carbocycles. The highest BCUT2D eigenvalue weighted by Crippen LogP contribution is 2.16. The van der Waals surface area contributed by atoms with Crippen LogP contribution in [0.4, 0.5) is 0 Å². The summed E-state index contributed by atoms with van der Waals surface area (Å²) in [5, 5.41) is 0. The van der Waals surface area contributed by atoms with Gasteiger partial charge in [-0.15, -0.1) is 0 Å². The Morgan fingerprint density at radius 2 is 0.672 bits per heavy atom. The number of carbonyl (C=O) groups excluding carboxylic acids is 3. The number of esters is 3. The van der Waals surface area contributed by atoms with Crippen LogP contribution in [0.1, 0.15) is 245 Å². The molecule has 0 heterocycles. The molecular weight excluding hydrogens is 721 g/mol. The van der Waals surface area contributed by atoms with Crippen molar-refractivity contribution in [1.29, 1.82) is 0 Å². The van der Waals surface area contributed by atoms with Gasteiger partial charge in [-0.05, 0) is 70.6 Å². The van der Waals surface area contributed by atoms with E-state index in [9.17, 15) is 14.4 Å². The molecule has 1 unspecified atom stereocenters. The van der Waals surface area contributed by atoms with Crippen molar-refractivity contribution < 1.29 is 28.6 Å². The van der Waals surface area contributed by atoms with Crippen LogP contribution in [0, 0.1) is 0 Å². The summed E-state index contributed by atoms with van der Waals surface area (Å²) in [6.07, 6.45) is 55.5. The van der Waals surface area contributed by atoms with E-state index >= 15 is 0 Å². The molecule has 0 saturated heterocycles. The Balaban J connectivity index is 4.27. The maximum atomic E-state index is 12.7. The van der Waals surface area contributed by atoms with Crippen LogP contribution in [0.3, 0.4) is 0 Å². The van der Waals surface area contributed by atoms with E-state index in [1.54, 1.807) is 0 Å². The van der Waals surface area contributed by atoms with Crippen LogP contribution < -0.4 is 0 Å². The monoisotopic (exact) mass is 813 g/mol. The van der Waals surface area contributed by atoms with Crippen molar-refractivity contribution in [3.8, 4) is 0 Å². The van der Waals surface area contributed by atoms with Gasteiger partial charge in [0.2, 0.25) is 0 Å². The van der Waals surface area contributed by atoms with Crippen LogP contribution in [0.5, 0.6) is 0 Å². The molecule has 0 aromatic heterocycles. The van der Waals surface area contributed by atoms with Crippen molar-refractivity contribution >= 4 is 17.9 Å². The minimum Gasteiger partial charge on any atom is -0.462 e. The summed E-state index contributed by atoms with van der Waals surface area (Å²) in [5.41, 5.74) is 0. The lowest BCUT2D eigenvalue weighted by atomic mass is 10.0. The van der Waals surface area contributed by atoms with Gasteiger partial charge in [-0.3, -0.25) is 14.4 Å². The second kappa shape index (κ2) is 47.1. The Bertz CT molecular complexity index is 1030. The third kappa shape index (κ3) is 44.5. The molecule has 58 heavy (non-hydrogen) atoms. The molecule has 0 radical (unpaired) electrons. The lowest BCUT2D eigenvalue weighted by Crippen LogP contribution is -2.30. The summed E-state index contributed by atoms with van der Waals surface area (Å²) >= 11 is 0. The smallest absolute Gasteiger partial charge is 0.306 e. The SMILES string of the molecule is CC/C=C\C/C=C\CCCCCCCC(=O)OC(COC(=O)CCCC/C=C\C/C=C\CC)COC(=O)CCCCCCCCCCCCCCCCCCCCC. The number of unbranched alkanes of at least 4 members (excludes halogenated alkanes) is 25. The highest BCUT2D eigenvalue weighted by molar-refractivity contribution is 5.71. The molecule has 336 valence electrons. The number of hydrogen-bond donors (Lipinski definition) is 0. The number of rotatable bonds is 44. The van der Waals surface area contributed by atoms with Gasteiger partial charge in [0.25, 0.3) is 0 Å². The Kier molecular flexibility index (Phi) is 44.9. The third-order valence-corrected chi connectivity index (χ3v) is 10.6. The second-order valence-corrected chi connectivity index (χ2v) is 16.3. The van der Waals surface area contributed by atoms with Crippen molar-refractivity contribution in [2.45, 2.75) is 252 Å². The highest BCUT2D eigenvalue weighted by Gasteiger charge is 2.19. The molecule has 0 N–H and O–H groups in total. The van der Waals surface area contributed by atoms with Gasteiger partial charge in [0.15, 0.2) is 6.10 Å². The topological polar surface area (TPSA) is 78.9 Å². The first-order valence-electron chi connectivity index (χ1n) is 24.6. The van der Waals surface area contributed by atoms with Crippen LogP contribution in [0.15, 0.2) is 48.6 Å². The highest BCUT2D eigenvalue weighted by atomic mass is 16.6. The predicted molar refractivity (Wildman–Crippen MR) is 247 cm³/mol. The zero-order valence-electron chi connectivity index (χ0n) is 38.3. The molecule has 0 saturated carbocycles. The van der Waals surface area contributed by atoms with Crippen LogP contribution in [0.2, 0.25) is 0 Å². The van der Waals surface area contributed by atoms with E-state index in [1.807, 2.05) is 0 Å². The normalized spacial score (nSPS) is 12.4. The zero-order valence-corrected chi connectivity index (χ0v) is 38.3. The summed E-state index contributed by atoms with van der Waals surface area (Å²) < 4.78 is 16.7. The first kappa shape index (κ1) is 55.4. The quantitative estimate of drug-likeness (QED) is 0.0264. The van der Waals surface area contributed by atoms with E-state index in [1.165, 1.54) is 103 Å². The van der Waals surface area contributed by atoms with Crippen molar-refractivity contribution in [1.82, 2.24) is 0 Å². The number of hydrogen-bond acceptors (Lipinski definition) is 6. The molecule has 0 bridgehead atoms. The van der Waals surface area contributed by atoms with Crippen molar-refractivity contribution in [2.24, 2.45) is 0 Å². The van der Waals surface area contributed by atoms with E-state index in [-0.39, 0.29) is 31.1 Å². The van der Waals surface area contributed by atoms with Crippen molar-refractivity contribution in [3.63, 3.8) is 0 Å². The number of carbonyl (C=O) groups is 3. The van der Waals surface area contributed by atoms with Crippen molar-refractivity contribution in [2.75, 3.05) is 13.2 Å². The minimum atomic E-state index is -0.788. The summed E-state index contributed by atoms with van der Waals surface area (Å²) in [6, 6.07) is 0. The summed E-state index contributed by atoms with van der Waals surface area (Å²) in [7, 11) is 0. The standard InChI is InChI=1S/C52H92O6/c1-4-7-10-13-16-19-21-23-24-25-26-27-28-29-31-33-36-39-42-45-51(54)57-48-49(47-56-50(53)44-41-38-35-32-18-15-12-9-6-3)58-52(55)46-43-40-37-34-30-22-20-17-14-11-8-5-2/h8-9,11-12,17-18,20,32,49H,4-7,10,13-16,19,21-31,33-48H2,1-3H3/b11-8-,12-9-,20-17-,32-18-. The van der Waals surface area contributed by atoms with Gasteiger partial charge in [-0.1, -0.05) is 204 Å². The maximum Gasteiger partial charge on any atom is 0.306 e. The summed E-state index contributed by atoms with van der Waals surface area (Å²) in [6.45, 7) is 6.37. The molecule has 0 aliphatic rings. The molecule has 0 aliphatic carbocycles. The Morgan fingerprint density at radius 3 is 1.07 bits per heavy atom. The van der Waals surface area contributed by atoms with E-state index < -0.39 is 6.10 Å². The summed E-state index contributed by atoms with van der Waals surface area (Å²) in [5.74, 6) is -0.937. The Morgan fingerprint density at radius 1 is 0.362 bits per heavy atom. The van der Waals surface area contributed by atoms with Gasteiger partial charge in [0.05, 0.1) is 0 Å². The van der Waals surface area contributed by atoms with E-state index in [2.05, 4.69) is 69.4 Å². The fourth-order valence-electron chi connectivity index (χ4n) is 6.93. The van der Waals surface area contributed by atoms with E-state index in [0.29, 0.717) is 19.3 Å². The van der Waals surface area contributed by atoms with Crippen molar-refractivity contribution in [3.05, 3.63) is 48.6 Å². The first-order chi connectivity index (χ1) is 28.5. The van der Waals surface area contributed by atoms with E-state index in [0.717, 1.165) is 103 Å². The molecule has 0 rings (SSSR count). The van der Waals surface area contributed by atoms with Gasteiger partial charge in [-0.25, -0.2) is 0 Å². The Labute approximate surface area is 358 Å². The largest absolute Gasteiger partial charge is 0.462 e. The van der Waals surface area contributed by atoms with Crippen LogP contribution >= 0.6 is 0 Å². The van der Waals surface area contributed by atoms with Gasteiger partial charge >= 0.3 is 17.9 Å². The van der Waals surface area contributed by atoms with Crippen LogP contribution in [-0.4, -0.2) is 37.2 Å². The van der Waals surface area contributed by atoms with E-state index in [4.69, 9.17) is 14.2 Å². The Hall–Kier alpha value is -2.63. The molecule has 0 aromatic rings. The first-order valence-corrected chi connectivity index (χ1v) is 24.6. The fraction of sp³-hybridized carbons (Fsp3) is 0.788. The molecule has 6 nitrogen and oxygen atoms in total. The second-order valence-electron chi connectivity index (χ2n) is 16.3. The molecule has 1 atom stereocenters. The minimum absolute atomic E-state index is 0.0873. The average molecular weight is 813 g/mol. The number of ether oxygens (including phenoxy) is 3. The molecular formula is C52H92O6. The maximum absolute atomic E-state index is 12.7. The van der Waals surface area contributed by atoms with Gasteiger partial charge in [0.1, 0.15) is 13.2 Å².